The number of amides is 1. The minimum atomic E-state index is -0.748. The second-order valence-electron chi connectivity index (χ2n) is 5.33. The zero-order chi connectivity index (χ0) is 17.1. The molecule has 0 saturated carbocycles. The Labute approximate surface area is 141 Å². The van der Waals surface area contributed by atoms with Gasteiger partial charge in [0, 0.05) is 11.6 Å². The first kappa shape index (κ1) is 16.0. The van der Waals surface area contributed by atoms with E-state index in [9.17, 15) is 14.4 Å². The van der Waals surface area contributed by atoms with E-state index in [0.717, 1.165) is 5.56 Å². The van der Waals surface area contributed by atoms with Crippen molar-refractivity contribution in [1.82, 2.24) is 15.3 Å². The lowest BCUT2D eigenvalue weighted by atomic mass is 10.1. The Bertz CT molecular complexity index is 1010. The van der Waals surface area contributed by atoms with Gasteiger partial charge in [-0.15, -0.1) is 0 Å². The van der Waals surface area contributed by atoms with Crippen molar-refractivity contribution in [3.63, 3.8) is 0 Å². The lowest BCUT2D eigenvalue weighted by Crippen LogP contribution is -2.30. The van der Waals surface area contributed by atoms with E-state index in [2.05, 4.69) is 15.3 Å². The number of benzene rings is 2. The van der Waals surface area contributed by atoms with Crippen molar-refractivity contribution >= 4 is 28.5 Å². The predicted molar refractivity (Wildman–Crippen MR) is 92.2 cm³/mol. The van der Waals surface area contributed by atoms with Crippen LogP contribution in [-0.2, 0) is 17.8 Å². The highest BCUT2D eigenvalue weighted by Gasteiger charge is 2.09. The van der Waals surface area contributed by atoms with Crippen LogP contribution < -0.4 is 16.4 Å². The summed E-state index contributed by atoms with van der Waals surface area (Å²) in [5.41, 5.74) is 0.893. The number of fused-ring (bicyclic) bond motifs is 1. The average Bonchev–Trinajstić information content (AvgIpc) is 2.55. The number of carbonyl (C=O) groups excluding carboxylic acids is 1. The second-order valence-corrected chi connectivity index (χ2v) is 5.77. The molecule has 6 nitrogen and oxygen atoms in total. The van der Waals surface area contributed by atoms with Gasteiger partial charge in [-0.1, -0.05) is 41.9 Å². The zero-order valence-electron chi connectivity index (χ0n) is 12.6. The lowest BCUT2D eigenvalue weighted by molar-refractivity contribution is -0.120. The van der Waals surface area contributed by atoms with Gasteiger partial charge in [-0.3, -0.25) is 14.4 Å². The monoisotopic (exact) mass is 343 g/mol. The van der Waals surface area contributed by atoms with E-state index >= 15 is 0 Å². The van der Waals surface area contributed by atoms with Crippen LogP contribution in [0, 0.1) is 0 Å². The van der Waals surface area contributed by atoms with Crippen LogP contribution in [0.1, 0.15) is 11.1 Å². The molecule has 0 aliphatic carbocycles. The summed E-state index contributed by atoms with van der Waals surface area (Å²) < 4.78 is 0. The van der Waals surface area contributed by atoms with Crippen molar-refractivity contribution in [3.8, 4) is 0 Å². The maximum absolute atomic E-state index is 12.1. The standard InChI is InChI=1S/C17H14ClN3O3/c18-12-7-11(15-13(8-12)20-16(23)17(24)21-15)9-19-14(22)6-10-4-2-1-3-5-10/h1-5,7-8H,6,9H2,(H,19,22)(H,20,23)(H,21,24). The van der Waals surface area contributed by atoms with Gasteiger partial charge in [0.2, 0.25) is 5.91 Å². The molecule has 1 aromatic heterocycles. The van der Waals surface area contributed by atoms with Gasteiger partial charge in [0.15, 0.2) is 0 Å². The Morgan fingerprint density at radius 1 is 1.04 bits per heavy atom. The van der Waals surface area contributed by atoms with E-state index in [1.54, 1.807) is 12.1 Å². The van der Waals surface area contributed by atoms with Crippen LogP contribution in [0.25, 0.3) is 11.0 Å². The molecule has 7 heteroatoms. The van der Waals surface area contributed by atoms with Crippen molar-refractivity contribution in [2.24, 2.45) is 0 Å². The van der Waals surface area contributed by atoms with Crippen LogP contribution in [-0.4, -0.2) is 15.9 Å². The Morgan fingerprint density at radius 2 is 1.75 bits per heavy atom. The minimum Gasteiger partial charge on any atom is -0.352 e. The number of aromatic amines is 2. The molecule has 24 heavy (non-hydrogen) atoms. The molecular weight excluding hydrogens is 330 g/mol. The number of halogens is 1. The van der Waals surface area contributed by atoms with Crippen LogP contribution in [0.4, 0.5) is 0 Å². The molecule has 0 aliphatic heterocycles. The molecule has 2 aromatic carbocycles. The number of carbonyl (C=O) groups is 1. The average molecular weight is 344 g/mol. The van der Waals surface area contributed by atoms with E-state index in [1.807, 2.05) is 30.3 Å². The number of rotatable bonds is 4. The molecular formula is C17H14ClN3O3. The van der Waals surface area contributed by atoms with E-state index in [-0.39, 0.29) is 18.9 Å². The summed E-state index contributed by atoms with van der Waals surface area (Å²) in [5.74, 6) is -0.152. The molecule has 0 saturated heterocycles. The Hall–Kier alpha value is -2.86. The summed E-state index contributed by atoms with van der Waals surface area (Å²) in [7, 11) is 0. The fraction of sp³-hybridized carbons (Fsp3) is 0.118. The number of nitrogens with one attached hydrogen (secondary N) is 3. The van der Waals surface area contributed by atoms with Crippen LogP contribution in [0.2, 0.25) is 5.02 Å². The van der Waals surface area contributed by atoms with Gasteiger partial charge in [-0.2, -0.15) is 0 Å². The van der Waals surface area contributed by atoms with Gasteiger partial charge in [-0.25, -0.2) is 0 Å². The number of hydrogen-bond acceptors (Lipinski definition) is 3. The van der Waals surface area contributed by atoms with Gasteiger partial charge in [0.25, 0.3) is 0 Å². The molecule has 1 amide bonds. The highest BCUT2D eigenvalue weighted by atomic mass is 35.5. The van der Waals surface area contributed by atoms with Gasteiger partial charge in [-0.05, 0) is 23.3 Å². The van der Waals surface area contributed by atoms with Crippen molar-refractivity contribution in [2.45, 2.75) is 13.0 Å². The largest absolute Gasteiger partial charge is 0.352 e. The predicted octanol–water partition coefficient (Wildman–Crippen LogP) is 1.73. The Balaban J connectivity index is 1.82. The van der Waals surface area contributed by atoms with Crippen LogP contribution in [0.5, 0.6) is 0 Å². The number of H-pyrrole nitrogens is 2. The first-order chi connectivity index (χ1) is 11.5. The normalized spacial score (nSPS) is 10.7. The molecule has 0 aliphatic rings. The smallest absolute Gasteiger partial charge is 0.314 e. The quantitative estimate of drug-likeness (QED) is 0.629. The van der Waals surface area contributed by atoms with E-state index in [0.29, 0.717) is 21.6 Å². The zero-order valence-corrected chi connectivity index (χ0v) is 13.3. The molecule has 3 N–H and O–H groups in total. The van der Waals surface area contributed by atoms with Gasteiger partial charge in [0.1, 0.15) is 0 Å². The van der Waals surface area contributed by atoms with E-state index < -0.39 is 11.1 Å². The van der Waals surface area contributed by atoms with Crippen molar-refractivity contribution in [2.75, 3.05) is 0 Å². The molecule has 3 rings (SSSR count). The minimum absolute atomic E-state index is 0.152. The van der Waals surface area contributed by atoms with E-state index in [4.69, 9.17) is 11.6 Å². The maximum Gasteiger partial charge on any atom is 0.314 e. The van der Waals surface area contributed by atoms with Crippen LogP contribution in [0.15, 0.2) is 52.1 Å². The van der Waals surface area contributed by atoms with Gasteiger partial charge in [0.05, 0.1) is 17.5 Å². The highest BCUT2D eigenvalue weighted by Crippen LogP contribution is 2.19. The van der Waals surface area contributed by atoms with Crippen molar-refractivity contribution < 1.29 is 4.79 Å². The third kappa shape index (κ3) is 3.55. The number of hydrogen-bond donors (Lipinski definition) is 3. The molecule has 0 bridgehead atoms. The molecule has 0 unspecified atom stereocenters. The summed E-state index contributed by atoms with van der Waals surface area (Å²) in [5, 5.41) is 3.19. The first-order valence-corrected chi connectivity index (χ1v) is 7.66. The molecule has 3 aromatic rings. The summed E-state index contributed by atoms with van der Waals surface area (Å²) >= 11 is 6.03. The Kier molecular flexibility index (Phi) is 4.48. The van der Waals surface area contributed by atoms with Crippen LogP contribution >= 0.6 is 11.6 Å². The second kappa shape index (κ2) is 6.72. The van der Waals surface area contributed by atoms with E-state index in [1.165, 1.54) is 0 Å². The third-order valence-electron chi connectivity index (χ3n) is 3.56. The molecule has 0 fully saturated rings. The van der Waals surface area contributed by atoms with Gasteiger partial charge >= 0.3 is 11.1 Å². The number of aromatic nitrogens is 2. The molecule has 0 atom stereocenters. The molecule has 1 heterocycles. The summed E-state index contributed by atoms with van der Waals surface area (Å²) in [4.78, 5) is 40.0. The fourth-order valence-corrected chi connectivity index (χ4v) is 2.68. The molecule has 0 radical (unpaired) electrons. The van der Waals surface area contributed by atoms with Crippen LogP contribution in [0.3, 0.4) is 0 Å². The van der Waals surface area contributed by atoms with Crippen molar-refractivity contribution in [3.05, 3.63) is 79.3 Å². The van der Waals surface area contributed by atoms with Crippen molar-refractivity contribution in [1.29, 1.82) is 0 Å². The third-order valence-corrected chi connectivity index (χ3v) is 3.78. The summed E-state index contributed by atoms with van der Waals surface area (Å²) in [6.45, 7) is 0.185. The highest BCUT2D eigenvalue weighted by molar-refractivity contribution is 6.31. The fourth-order valence-electron chi connectivity index (χ4n) is 2.44. The lowest BCUT2D eigenvalue weighted by Gasteiger charge is -2.09. The molecule has 0 spiro atoms. The SMILES string of the molecule is O=C(Cc1ccccc1)NCc1cc(Cl)cc2[nH]c(=O)c(=O)[nH]c12. The first-order valence-electron chi connectivity index (χ1n) is 7.28. The van der Waals surface area contributed by atoms with Gasteiger partial charge < -0.3 is 15.3 Å². The summed E-state index contributed by atoms with van der Waals surface area (Å²) in [6, 6.07) is 12.6. The maximum atomic E-state index is 12.1. The summed E-state index contributed by atoms with van der Waals surface area (Å²) in [6.07, 6.45) is 0.257. The molecule has 122 valence electrons. The topological polar surface area (TPSA) is 94.8 Å². The Morgan fingerprint density at radius 3 is 2.50 bits per heavy atom.